The van der Waals surface area contributed by atoms with Crippen LogP contribution in [0.5, 0.6) is 5.75 Å². The van der Waals surface area contributed by atoms with Crippen LogP contribution in [0, 0.1) is 11.8 Å². The number of nitrogens with one attached hydrogen (secondary N) is 1. The molecule has 0 saturated heterocycles. The Bertz CT molecular complexity index is 1410. The molecule has 0 bridgehead atoms. The highest BCUT2D eigenvalue weighted by atomic mass is 32.2. The van der Waals surface area contributed by atoms with E-state index in [2.05, 4.69) is 11.8 Å². The fourth-order valence-corrected chi connectivity index (χ4v) is 6.08. The second kappa shape index (κ2) is 10.9. The lowest BCUT2D eigenvalue weighted by Crippen LogP contribution is -2.53. The summed E-state index contributed by atoms with van der Waals surface area (Å²) in [5.41, 5.74) is 2.59. The molecule has 4 rings (SSSR count). The van der Waals surface area contributed by atoms with E-state index in [1.807, 2.05) is 0 Å². The van der Waals surface area contributed by atoms with Crippen molar-refractivity contribution in [1.29, 1.82) is 0 Å². The summed E-state index contributed by atoms with van der Waals surface area (Å²) in [6.45, 7) is 1.37. The van der Waals surface area contributed by atoms with Gasteiger partial charge in [-0.3, -0.25) is 14.8 Å². The van der Waals surface area contributed by atoms with Gasteiger partial charge in [0.2, 0.25) is 10.0 Å². The minimum Gasteiger partial charge on any atom is -0.481 e. The predicted octanol–water partition coefficient (Wildman–Crippen LogP) is 2.88. The molecule has 1 aliphatic heterocycles. The summed E-state index contributed by atoms with van der Waals surface area (Å²) in [5.74, 6) is 4.59. The zero-order chi connectivity index (χ0) is 25.7. The van der Waals surface area contributed by atoms with Crippen molar-refractivity contribution in [2.45, 2.75) is 24.4 Å². The fraction of sp³-hybridized carbons (Fsp3) is 0.200. The first-order chi connectivity index (χ1) is 17.4. The van der Waals surface area contributed by atoms with Gasteiger partial charge in [-0.15, -0.1) is 17.3 Å². The number of sulfonamides is 1. The lowest BCUT2D eigenvalue weighted by Gasteiger charge is -2.29. The van der Waals surface area contributed by atoms with Crippen LogP contribution in [0.15, 0.2) is 70.9 Å². The van der Waals surface area contributed by atoms with E-state index in [-0.39, 0.29) is 30.5 Å². The van der Waals surface area contributed by atoms with E-state index in [9.17, 15) is 23.2 Å². The molecule has 0 radical (unpaired) electrons. The van der Waals surface area contributed by atoms with Gasteiger partial charge in [0, 0.05) is 12.2 Å². The number of rotatable bonds is 6. The van der Waals surface area contributed by atoms with E-state index in [0.717, 1.165) is 4.31 Å². The van der Waals surface area contributed by atoms with E-state index >= 15 is 0 Å². The van der Waals surface area contributed by atoms with Crippen molar-refractivity contribution in [3.05, 3.63) is 76.5 Å². The Labute approximate surface area is 212 Å². The van der Waals surface area contributed by atoms with E-state index in [0.29, 0.717) is 21.9 Å². The van der Waals surface area contributed by atoms with E-state index in [4.69, 9.17) is 4.74 Å². The van der Waals surface area contributed by atoms with Gasteiger partial charge in [-0.25, -0.2) is 13.9 Å². The zero-order valence-electron chi connectivity index (χ0n) is 19.2. The van der Waals surface area contributed by atoms with E-state index < -0.39 is 22.0 Å². The minimum absolute atomic E-state index is 0.0670. The molecule has 1 aromatic heterocycles. The minimum atomic E-state index is -4.23. The molecule has 36 heavy (non-hydrogen) atoms. The second-order valence-corrected chi connectivity index (χ2v) is 10.6. The van der Waals surface area contributed by atoms with Crippen molar-refractivity contribution in [2.75, 3.05) is 18.1 Å². The second-order valence-electron chi connectivity index (χ2n) is 7.75. The molecule has 1 aliphatic rings. The van der Waals surface area contributed by atoms with Crippen LogP contribution < -0.4 is 15.1 Å². The van der Waals surface area contributed by atoms with Crippen LogP contribution in [-0.2, 0) is 21.4 Å². The maximum absolute atomic E-state index is 13.8. The SMILES string of the molecule is CC#CCOc1ccc(S(=O)(=O)N2Cc3ccccc3N(C(=O)c3cccs3)CC2C(=O)NO)cc1. The molecule has 0 fully saturated rings. The number of hydrogen-bond acceptors (Lipinski definition) is 7. The van der Waals surface area contributed by atoms with Crippen LogP contribution >= 0.6 is 11.3 Å². The van der Waals surface area contributed by atoms with Gasteiger partial charge in [0.15, 0.2) is 0 Å². The summed E-state index contributed by atoms with van der Waals surface area (Å²) in [7, 11) is -4.23. The molecule has 0 aliphatic carbocycles. The summed E-state index contributed by atoms with van der Waals surface area (Å²) >= 11 is 1.24. The Hall–Kier alpha value is -3.69. The summed E-state index contributed by atoms with van der Waals surface area (Å²) in [4.78, 5) is 27.9. The van der Waals surface area contributed by atoms with Crippen LogP contribution in [0.25, 0.3) is 0 Å². The maximum Gasteiger partial charge on any atom is 0.268 e. The lowest BCUT2D eigenvalue weighted by molar-refractivity contribution is -0.133. The highest BCUT2D eigenvalue weighted by Crippen LogP contribution is 2.33. The Kier molecular flexibility index (Phi) is 7.71. The molecule has 2 N–H and O–H groups in total. The van der Waals surface area contributed by atoms with Crippen LogP contribution in [0.1, 0.15) is 22.2 Å². The van der Waals surface area contributed by atoms with Crippen molar-refractivity contribution < 1.29 is 28.0 Å². The fourth-order valence-electron chi connectivity index (χ4n) is 3.85. The molecule has 1 unspecified atom stereocenters. The molecule has 0 saturated carbocycles. The number of fused-ring (bicyclic) bond motifs is 1. The number of hydrogen-bond donors (Lipinski definition) is 2. The van der Waals surface area contributed by atoms with Crippen molar-refractivity contribution in [1.82, 2.24) is 9.79 Å². The Morgan fingerprint density at radius 2 is 1.89 bits per heavy atom. The third-order valence-corrected chi connectivity index (χ3v) is 8.35. The third kappa shape index (κ3) is 5.12. The smallest absolute Gasteiger partial charge is 0.268 e. The zero-order valence-corrected chi connectivity index (χ0v) is 20.9. The topological polar surface area (TPSA) is 116 Å². The monoisotopic (exact) mass is 525 g/mol. The average Bonchev–Trinajstić information content (AvgIpc) is 3.37. The molecular weight excluding hydrogens is 502 g/mol. The number of nitrogens with zero attached hydrogens (tertiary/aromatic N) is 2. The van der Waals surface area contributed by atoms with Gasteiger partial charge in [-0.1, -0.05) is 30.2 Å². The Morgan fingerprint density at radius 3 is 2.56 bits per heavy atom. The molecule has 11 heteroatoms. The largest absolute Gasteiger partial charge is 0.481 e. The standard InChI is InChI=1S/C25H23N3O6S2/c1-2-3-14-34-19-10-12-20(13-11-19)36(32,33)28-16-18-7-4-5-8-21(18)27(17-22(28)24(29)26-31)25(30)23-9-6-15-35-23/h4-13,15,22,31H,14,16-17H2,1H3,(H,26,29). The molecule has 1 atom stereocenters. The van der Waals surface area contributed by atoms with Gasteiger partial charge in [0.25, 0.3) is 11.8 Å². The maximum atomic E-state index is 13.8. The first kappa shape index (κ1) is 25.4. The third-order valence-electron chi connectivity index (χ3n) is 5.62. The number of thiophene rings is 1. The number of benzene rings is 2. The summed E-state index contributed by atoms with van der Waals surface area (Å²) < 4.78 is 34.0. The summed E-state index contributed by atoms with van der Waals surface area (Å²) in [6, 6.07) is 14.6. The Morgan fingerprint density at radius 1 is 1.14 bits per heavy atom. The van der Waals surface area contributed by atoms with Crippen molar-refractivity contribution in [3.63, 3.8) is 0 Å². The van der Waals surface area contributed by atoms with Crippen molar-refractivity contribution >= 4 is 38.9 Å². The number of para-hydroxylation sites is 1. The number of ether oxygens (including phenoxy) is 1. The van der Waals surface area contributed by atoms with Crippen molar-refractivity contribution in [2.24, 2.45) is 0 Å². The molecule has 0 spiro atoms. The molecule has 3 aromatic rings. The lowest BCUT2D eigenvalue weighted by atomic mass is 10.1. The van der Waals surface area contributed by atoms with Gasteiger partial charge in [0.1, 0.15) is 18.4 Å². The summed E-state index contributed by atoms with van der Waals surface area (Å²) in [5, 5.41) is 11.2. The molecule has 2 amide bonds. The van der Waals surface area contributed by atoms with Gasteiger partial charge in [-0.2, -0.15) is 4.31 Å². The highest BCUT2D eigenvalue weighted by molar-refractivity contribution is 7.89. The van der Waals surface area contributed by atoms with Gasteiger partial charge in [0.05, 0.1) is 16.3 Å². The van der Waals surface area contributed by atoms with Crippen molar-refractivity contribution in [3.8, 4) is 17.6 Å². The van der Waals surface area contributed by atoms with Crippen LogP contribution in [-0.4, -0.2) is 48.9 Å². The van der Waals surface area contributed by atoms with E-state index in [1.54, 1.807) is 54.2 Å². The van der Waals surface area contributed by atoms with E-state index in [1.165, 1.54) is 40.5 Å². The average molecular weight is 526 g/mol. The van der Waals surface area contributed by atoms with Crippen LogP contribution in [0.2, 0.25) is 0 Å². The molecular formula is C25H23N3O6S2. The molecule has 2 aromatic carbocycles. The van der Waals surface area contributed by atoms with Crippen LogP contribution in [0.3, 0.4) is 0 Å². The number of amides is 2. The number of anilines is 1. The van der Waals surface area contributed by atoms with Gasteiger partial charge < -0.3 is 9.64 Å². The first-order valence-electron chi connectivity index (χ1n) is 10.9. The van der Waals surface area contributed by atoms with Gasteiger partial charge >= 0.3 is 0 Å². The predicted molar refractivity (Wildman–Crippen MR) is 134 cm³/mol. The highest BCUT2D eigenvalue weighted by Gasteiger charge is 2.41. The quantitative estimate of drug-likeness (QED) is 0.291. The molecule has 2 heterocycles. The molecule has 9 nitrogen and oxygen atoms in total. The number of hydroxylamine groups is 1. The normalized spacial score (nSPS) is 15.7. The first-order valence-corrected chi connectivity index (χ1v) is 13.2. The number of carbonyl (C=O) groups excluding carboxylic acids is 2. The summed E-state index contributed by atoms with van der Waals surface area (Å²) in [6.07, 6.45) is 0. The molecule has 186 valence electrons. The number of carbonyl (C=O) groups is 2. The van der Waals surface area contributed by atoms with Gasteiger partial charge in [-0.05, 0) is 54.3 Å². The Balaban J connectivity index is 1.74. The van der Waals surface area contributed by atoms with Crippen LogP contribution in [0.4, 0.5) is 5.69 Å².